The molecular weight excluding hydrogens is 286 g/mol. The molecule has 0 aliphatic carbocycles. The molecule has 2 heterocycles. The Morgan fingerprint density at radius 1 is 1.14 bits per heavy atom. The van der Waals surface area contributed by atoms with E-state index in [-0.39, 0.29) is 30.3 Å². The van der Waals surface area contributed by atoms with Crippen LogP contribution in [0.4, 0.5) is 0 Å². The van der Waals surface area contributed by atoms with Crippen LogP contribution in [0.1, 0.15) is 22.0 Å². The lowest BCUT2D eigenvalue weighted by atomic mass is 9.95. The van der Waals surface area contributed by atoms with Gasteiger partial charge in [-0.1, -0.05) is 30.3 Å². The summed E-state index contributed by atoms with van der Waals surface area (Å²) in [5.41, 5.74) is 8.15. The lowest BCUT2D eigenvalue weighted by Crippen LogP contribution is -2.33. The number of carbonyl (C=O) groups excluding carboxylic acids is 1. The molecule has 0 unspecified atom stereocenters. The van der Waals surface area contributed by atoms with Gasteiger partial charge in [-0.05, 0) is 17.7 Å². The highest BCUT2D eigenvalue weighted by Crippen LogP contribution is 2.27. The van der Waals surface area contributed by atoms with E-state index in [0.29, 0.717) is 18.8 Å². The zero-order valence-corrected chi connectivity index (χ0v) is 12.8. The van der Waals surface area contributed by atoms with Crippen LogP contribution in [0, 0.1) is 0 Å². The van der Waals surface area contributed by atoms with Crippen molar-refractivity contribution >= 4 is 18.3 Å². The van der Waals surface area contributed by atoms with Crippen molar-refractivity contribution in [2.24, 2.45) is 12.8 Å². The Labute approximate surface area is 131 Å². The molecule has 21 heavy (non-hydrogen) atoms. The summed E-state index contributed by atoms with van der Waals surface area (Å²) < 4.78 is 1.85. The number of nitrogens with zero attached hydrogens (tertiary/aromatic N) is 2. The van der Waals surface area contributed by atoms with Gasteiger partial charge in [0.1, 0.15) is 5.69 Å². The SMILES string of the molecule is Cl.Cn1cccc1C(=O)N1C[C@@H](N)[C@H](c2ccccc2)C1. The third kappa shape index (κ3) is 2.96. The van der Waals surface area contributed by atoms with Crippen LogP contribution in [0.3, 0.4) is 0 Å². The van der Waals surface area contributed by atoms with Crippen molar-refractivity contribution in [2.75, 3.05) is 13.1 Å². The summed E-state index contributed by atoms with van der Waals surface area (Å²) in [5, 5.41) is 0. The second-order valence-electron chi connectivity index (χ2n) is 5.40. The summed E-state index contributed by atoms with van der Waals surface area (Å²) in [6.45, 7) is 1.30. The first kappa shape index (κ1) is 15.6. The minimum absolute atomic E-state index is 0. The molecule has 3 rings (SSSR count). The number of aromatic nitrogens is 1. The minimum Gasteiger partial charge on any atom is -0.347 e. The zero-order chi connectivity index (χ0) is 14.1. The van der Waals surface area contributed by atoms with Crippen LogP contribution in [0.2, 0.25) is 0 Å². The number of nitrogens with two attached hydrogens (primary N) is 1. The molecule has 1 aromatic heterocycles. The van der Waals surface area contributed by atoms with Crippen LogP contribution >= 0.6 is 12.4 Å². The lowest BCUT2D eigenvalue weighted by Gasteiger charge is -2.16. The van der Waals surface area contributed by atoms with E-state index in [4.69, 9.17) is 5.73 Å². The molecule has 0 radical (unpaired) electrons. The number of carbonyl (C=O) groups is 1. The highest BCUT2D eigenvalue weighted by Gasteiger charge is 2.34. The van der Waals surface area contributed by atoms with E-state index in [1.54, 1.807) is 0 Å². The van der Waals surface area contributed by atoms with Crippen LogP contribution in [0.5, 0.6) is 0 Å². The number of hydrogen-bond acceptors (Lipinski definition) is 2. The van der Waals surface area contributed by atoms with E-state index >= 15 is 0 Å². The molecule has 4 nitrogen and oxygen atoms in total. The average Bonchev–Trinajstić information content (AvgIpc) is 3.05. The Bertz CT molecular complexity index is 611. The highest BCUT2D eigenvalue weighted by molar-refractivity contribution is 5.93. The van der Waals surface area contributed by atoms with E-state index in [2.05, 4.69) is 12.1 Å². The van der Waals surface area contributed by atoms with E-state index in [1.807, 2.05) is 53.0 Å². The maximum atomic E-state index is 12.5. The highest BCUT2D eigenvalue weighted by atomic mass is 35.5. The standard InChI is InChI=1S/C16H19N3O.ClH/c1-18-9-5-8-15(18)16(20)19-10-13(14(17)11-19)12-6-3-2-4-7-12;/h2-9,13-14H,10-11,17H2,1H3;1H/t13-,14+;/m0./s1. The quantitative estimate of drug-likeness (QED) is 0.923. The van der Waals surface area contributed by atoms with Crippen molar-refractivity contribution in [3.05, 3.63) is 59.9 Å². The van der Waals surface area contributed by atoms with E-state index in [0.717, 1.165) is 0 Å². The number of hydrogen-bond donors (Lipinski definition) is 1. The predicted molar refractivity (Wildman–Crippen MR) is 85.7 cm³/mol. The predicted octanol–water partition coefficient (Wildman–Crippen LogP) is 2.01. The number of rotatable bonds is 2. The monoisotopic (exact) mass is 305 g/mol. The van der Waals surface area contributed by atoms with Crippen molar-refractivity contribution in [1.29, 1.82) is 0 Å². The van der Waals surface area contributed by atoms with Crippen molar-refractivity contribution in [3.8, 4) is 0 Å². The largest absolute Gasteiger partial charge is 0.347 e. The smallest absolute Gasteiger partial charge is 0.270 e. The fourth-order valence-corrected chi connectivity index (χ4v) is 2.89. The number of aryl methyl sites for hydroxylation is 1. The molecule has 1 fully saturated rings. The topological polar surface area (TPSA) is 51.3 Å². The summed E-state index contributed by atoms with van der Waals surface area (Å²) in [4.78, 5) is 14.4. The molecule has 1 aliphatic rings. The van der Waals surface area contributed by atoms with Crippen LogP contribution in [-0.4, -0.2) is 34.5 Å². The molecule has 1 saturated heterocycles. The molecular formula is C16H20ClN3O. The molecule has 2 aromatic rings. The van der Waals surface area contributed by atoms with Crippen LogP contribution in [0.15, 0.2) is 48.7 Å². The molecule has 0 spiro atoms. The fourth-order valence-electron chi connectivity index (χ4n) is 2.89. The van der Waals surface area contributed by atoms with Gasteiger partial charge in [0.2, 0.25) is 0 Å². The molecule has 0 saturated carbocycles. The van der Waals surface area contributed by atoms with E-state index < -0.39 is 0 Å². The van der Waals surface area contributed by atoms with Crippen molar-refractivity contribution in [3.63, 3.8) is 0 Å². The van der Waals surface area contributed by atoms with E-state index in [1.165, 1.54) is 5.56 Å². The molecule has 112 valence electrons. The van der Waals surface area contributed by atoms with Gasteiger partial charge in [-0.25, -0.2) is 0 Å². The summed E-state index contributed by atoms with van der Waals surface area (Å²) in [6.07, 6.45) is 1.89. The van der Waals surface area contributed by atoms with Crippen molar-refractivity contribution < 1.29 is 4.79 Å². The maximum absolute atomic E-state index is 12.5. The van der Waals surface area contributed by atoms with Gasteiger partial charge in [-0.15, -0.1) is 12.4 Å². The molecule has 5 heteroatoms. The third-order valence-corrected chi connectivity index (χ3v) is 4.04. The molecule has 1 aromatic carbocycles. The second-order valence-corrected chi connectivity index (χ2v) is 5.40. The second kappa shape index (κ2) is 6.33. The Hall–Kier alpha value is -1.78. The first-order valence-electron chi connectivity index (χ1n) is 6.88. The molecule has 2 atom stereocenters. The normalized spacial score (nSPS) is 21.1. The number of likely N-dealkylation sites (tertiary alicyclic amines) is 1. The van der Waals surface area contributed by atoms with Crippen molar-refractivity contribution in [2.45, 2.75) is 12.0 Å². The van der Waals surface area contributed by atoms with Gasteiger partial charge in [0, 0.05) is 38.3 Å². The van der Waals surface area contributed by atoms with Crippen LogP contribution < -0.4 is 5.73 Å². The molecule has 1 amide bonds. The summed E-state index contributed by atoms with van der Waals surface area (Å²) in [7, 11) is 1.89. The maximum Gasteiger partial charge on any atom is 0.270 e. The first-order chi connectivity index (χ1) is 9.66. The van der Waals surface area contributed by atoms with Gasteiger partial charge >= 0.3 is 0 Å². The summed E-state index contributed by atoms with van der Waals surface area (Å²) in [5.74, 6) is 0.284. The van der Waals surface area contributed by atoms with Gasteiger partial charge in [0.15, 0.2) is 0 Å². The Morgan fingerprint density at radius 3 is 2.48 bits per heavy atom. The molecule has 1 aliphatic heterocycles. The third-order valence-electron chi connectivity index (χ3n) is 4.04. The summed E-state index contributed by atoms with van der Waals surface area (Å²) >= 11 is 0. The Morgan fingerprint density at radius 2 is 1.86 bits per heavy atom. The minimum atomic E-state index is 0. The molecule has 2 N–H and O–H groups in total. The van der Waals surface area contributed by atoms with Gasteiger partial charge < -0.3 is 15.2 Å². The Kier molecular flexibility index (Phi) is 4.70. The van der Waals surface area contributed by atoms with E-state index in [9.17, 15) is 4.79 Å². The van der Waals surface area contributed by atoms with Gasteiger partial charge in [-0.3, -0.25) is 4.79 Å². The van der Waals surface area contributed by atoms with Crippen LogP contribution in [0.25, 0.3) is 0 Å². The molecule has 0 bridgehead atoms. The van der Waals surface area contributed by atoms with Gasteiger partial charge in [0.05, 0.1) is 0 Å². The fraction of sp³-hybridized carbons (Fsp3) is 0.312. The number of amides is 1. The Balaban J connectivity index is 0.00000161. The van der Waals surface area contributed by atoms with Crippen LogP contribution in [-0.2, 0) is 7.05 Å². The zero-order valence-electron chi connectivity index (χ0n) is 12.0. The summed E-state index contributed by atoms with van der Waals surface area (Å²) in [6, 6.07) is 13.9. The number of halogens is 1. The van der Waals surface area contributed by atoms with Gasteiger partial charge in [-0.2, -0.15) is 0 Å². The first-order valence-corrected chi connectivity index (χ1v) is 6.88. The van der Waals surface area contributed by atoms with Crippen molar-refractivity contribution in [1.82, 2.24) is 9.47 Å². The number of benzene rings is 1. The average molecular weight is 306 g/mol. The lowest BCUT2D eigenvalue weighted by molar-refractivity contribution is 0.0780. The van der Waals surface area contributed by atoms with Gasteiger partial charge in [0.25, 0.3) is 5.91 Å².